The second kappa shape index (κ2) is 3.31. The summed E-state index contributed by atoms with van der Waals surface area (Å²) in [6.45, 7) is 0. The standard InChI is InChI=1S/C11H11NO3/c1-12(2)10-9(11(13)14)7-5-3-4-6-8(7)15-10/h3-6H,1-2H3,(H,13,14). The lowest BCUT2D eigenvalue weighted by Gasteiger charge is -2.08. The average Bonchev–Trinajstić information content (AvgIpc) is 2.56. The zero-order valence-electron chi connectivity index (χ0n) is 8.52. The molecule has 1 N–H and O–H groups in total. The van der Waals surface area contributed by atoms with Crippen LogP contribution >= 0.6 is 0 Å². The number of hydrogen-bond acceptors (Lipinski definition) is 3. The van der Waals surface area contributed by atoms with E-state index in [-0.39, 0.29) is 5.56 Å². The fourth-order valence-electron chi connectivity index (χ4n) is 1.55. The lowest BCUT2D eigenvalue weighted by molar-refractivity contribution is 0.0699. The lowest BCUT2D eigenvalue weighted by atomic mass is 10.1. The van der Waals surface area contributed by atoms with E-state index in [1.165, 1.54) is 0 Å². The van der Waals surface area contributed by atoms with Crippen LogP contribution in [0.1, 0.15) is 10.4 Å². The van der Waals surface area contributed by atoms with Crippen molar-refractivity contribution in [2.45, 2.75) is 0 Å². The molecule has 0 radical (unpaired) electrons. The Balaban J connectivity index is 2.80. The van der Waals surface area contributed by atoms with Crippen molar-refractivity contribution in [3.8, 4) is 0 Å². The van der Waals surface area contributed by atoms with Gasteiger partial charge in [-0.25, -0.2) is 4.79 Å². The van der Waals surface area contributed by atoms with Gasteiger partial charge in [0.25, 0.3) is 0 Å². The maximum atomic E-state index is 11.1. The Morgan fingerprint density at radius 3 is 2.60 bits per heavy atom. The molecule has 0 saturated carbocycles. The largest absolute Gasteiger partial charge is 0.477 e. The van der Waals surface area contributed by atoms with Gasteiger partial charge in [-0.1, -0.05) is 18.2 Å². The van der Waals surface area contributed by atoms with Crippen molar-refractivity contribution in [1.82, 2.24) is 0 Å². The van der Waals surface area contributed by atoms with Gasteiger partial charge in [-0.15, -0.1) is 0 Å². The van der Waals surface area contributed by atoms with Crippen molar-refractivity contribution < 1.29 is 14.3 Å². The zero-order valence-corrected chi connectivity index (χ0v) is 8.52. The molecule has 0 bridgehead atoms. The van der Waals surface area contributed by atoms with Gasteiger partial charge in [-0.05, 0) is 6.07 Å². The average molecular weight is 205 g/mol. The van der Waals surface area contributed by atoms with Crippen LogP contribution in [0.15, 0.2) is 28.7 Å². The molecule has 1 aromatic heterocycles. The second-order valence-corrected chi connectivity index (χ2v) is 3.48. The predicted octanol–water partition coefficient (Wildman–Crippen LogP) is 2.20. The van der Waals surface area contributed by atoms with Crippen molar-refractivity contribution in [1.29, 1.82) is 0 Å². The number of aromatic carboxylic acids is 1. The quantitative estimate of drug-likeness (QED) is 0.816. The smallest absolute Gasteiger partial charge is 0.341 e. The third kappa shape index (κ3) is 1.44. The minimum Gasteiger partial charge on any atom is -0.477 e. The molecule has 0 aliphatic heterocycles. The first-order valence-electron chi connectivity index (χ1n) is 4.53. The topological polar surface area (TPSA) is 53.7 Å². The molecule has 4 nitrogen and oxygen atoms in total. The van der Waals surface area contributed by atoms with E-state index in [1.54, 1.807) is 37.2 Å². The van der Waals surface area contributed by atoms with Crippen molar-refractivity contribution >= 4 is 22.8 Å². The number of carboxylic acid groups (broad SMARTS) is 1. The Kier molecular flexibility index (Phi) is 2.11. The Labute approximate surface area is 86.7 Å². The number of carboxylic acids is 1. The van der Waals surface area contributed by atoms with Gasteiger partial charge in [-0.3, -0.25) is 0 Å². The fraction of sp³-hybridized carbons (Fsp3) is 0.182. The number of rotatable bonds is 2. The molecule has 0 spiro atoms. The molecule has 4 heteroatoms. The SMILES string of the molecule is CN(C)c1oc2ccccc2c1C(=O)O. The van der Waals surface area contributed by atoms with Crippen LogP contribution < -0.4 is 4.90 Å². The highest BCUT2D eigenvalue weighted by Crippen LogP contribution is 2.31. The molecular weight excluding hydrogens is 194 g/mol. The van der Waals surface area contributed by atoms with Crippen LogP contribution in [-0.2, 0) is 0 Å². The molecule has 2 aromatic rings. The van der Waals surface area contributed by atoms with E-state index < -0.39 is 5.97 Å². The number of anilines is 1. The first-order chi connectivity index (χ1) is 7.11. The van der Waals surface area contributed by atoms with E-state index in [1.807, 2.05) is 6.07 Å². The first kappa shape index (κ1) is 9.58. The highest BCUT2D eigenvalue weighted by molar-refractivity contribution is 6.07. The number of furan rings is 1. The van der Waals surface area contributed by atoms with E-state index >= 15 is 0 Å². The van der Waals surface area contributed by atoms with Gasteiger partial charge in [0, 0.05) is 19.5 Å². The minimum absolute atomic E-state index is 0.218. The van der Waals surface area contributed by atoms with Gasteiger partial charge in [0.15, 0.2) is 0 Å². The maximum Gasteiger partial charge on any atom is 0.341 e. The summed E-state index contributed by atoms with van der Waals surface area (Å²) in [6.07, 6.45) is 0. The summed E-state index contributed by atoms with van der Waals surface area (Å²) < 4.78 is 5.47. The number of para-hydroxylation sites is 1. The van der Waals surface area contributed by atoms with Crippen LogP contribution in [0.4, 0.5) is 5.88 Å². The Morgan fingerprint density at radius 1 is 1.33 bits per heavy atom. The highest BCUT2D eigenvalue weighted by Gasteiger charge is 2.20. The van der Waals surface area contributed by atoms with E-state index in [0.717, 1.165) is 0 Å². The van der Waals surface area contributed by atoms with Gasteiger partial charge in [0.05, 0.1) is 0 Å². The molecule has 0 unspecified atom stereocenters. The lowest BCUT2D eigenvalue weighted by Crippen LogP contribution is -2.11. The third-order valence-corrected chi connectivity index (χ3v) is 2.20. The Hall–Kier alpha value is -1.97. The number of hydrogen-bond donors (Lipinski definition) is 1. The predicted molar refractivity (Wildman–Crippen MR) is 57.5 cm³/mol. The van der Waals surface area contributed by atoms with Crippen LogP contribution in [0, 0.1) is 0 Å². The fourth-order valence-corrected chi connectivity index (χ4v) is 1.55. The van der Waals surface area contributed by atoms with Crippen LogP contribution in [0.25, 0.3) is 11.0 Å². The summed E-state index contributed by atoms with van der Waals surface area (Å²) in [4.78, 5) is 12.8. The van der Waals surface area contributed by atoms with E-state index in [9.17, 15) is 4.79 Å². The number of carbonyl (C=O) groups is 1. The molecular formula is C11H11NO3. The summed E-state index contributed by atoms with van der Waals surface area (Å²) in [5.74, 6) is -0.590. The summed E-state index contributed by atoms with van der Waals surface area (Å²) in [6, 6.07) is 7.12. The molecule has 2 rings (SSSR count). The maximum absolute atomic E-state index is 11.1. The molecule has 78 valence electrons. The zero-order chi connectivity index (χ0) is 11.0. The van der Waals surface area contributed by atoms with Gasteiger partial charge in [0.2, 0.25) is 5.88 Å². The molecule has 0 amide bonds. The third-order valence-electron chi connectivity index (χ3n) is 2.20. The Bertz CT molecular complexity index is 514. The molecule has 1 aromatic carbocycles. The molecule has 1 heterocycles. The number of nitrogens with zero attached hydrogens (tertiary/aromatic N) is 1. The molecule has 0 aliphatic rings. The van der Waals surface area contributed by atoms with Crippen LogP contribution in [0.5, 0.6) is 0 Å². The number of benzene rings is 1. The molecule has 0 saturated heterocycles. The number of fused-ring (bicyclic) bond motifs is 1. The van der Waals surface area contributed by atoms with Gasteiger partial charge in [0.1, 0.15) is 11.1 Å². The highest BCUT2D eigenvalue weighted by atomic mass is 16.4. The van der Waals surface area contributed by atoms with E-state index in [2.05, 4.69) is 0 Å². The van der Waals surface area contributed by atoms with Gasteiger partial charge in [-0.2, -0.15) is 0 Å². The van der Waals surface area contributed by atoms with Crippen molar-refractivity contribution in [2.24, 2.45) is 0 Å². The van der Waals surface area contributed by atoms with Crippen LogP contribution in [0.2, 0.25) is 0 Å². The summed E-state index contributed by atoms with van der Waals surface area (Å²) >= 11 is 0. The molecule has 0 fully saturated rings. The molecule has 0 aliphatic carbocycles. The monoisotopic (exact) mass is 205 g/mol. The summed E-state index contributed by atoms with van der Waals surface area (Å²) in [5, 5.41) is 9.75. The normalized spacial score (nSPS) is 10.5. The van der Waals surface area contributed by atoms with Crippen molar-refractivity contribution in [3.63, 3.8) is 0 Å². The second-order valence-electron chi connectivity index (χ2n) is 3.48. The van der Waals surface area contributed by atoms with E-state index in [0.29, 0.717) is 16.9 Å². The van der Waals surface area contributed by atoms with Gasteiger partial charge < -0.3 is 14.4 Å². The summed E-state index contributed by atoms with van der Waals surface area (Å²) in [7, 11) is 3.51. The van der Waals surface area contributed by atoms with E-state index in [4.69, 9.17) is 9.52 Å². The Morgan fingerprint density at radius 2 is 2.00 bits per heavy atom. The molecule has 0 atom stereocenters. The van der Waals surface area contributed by atoms with Crippen molar-refractivity contribution in [3.05, 3.63) is 29.8 Å². The van der Waals surface area contributed by atoms with Crippen molar-refractivity contribution in [2.75, 3.05) is 19.0 Å². The van der Waals surface area contributed by atoms with Gasteiger partial charge >= 0.3 is 5.97 Å². The molecule has 15 heavy (non-hydrogen) atoms. The first-order valence-corrected chi connectivity index (χ1v) is 4.53. The minimum atomic E-state index is -0.969. The summed E-state index contributed by atoms with van der Waals surface area (Å²) in [5.41, 5.74) is 0.814. The van der Waals surface area contributed by atoms with Crippen LogP contribution in [-0.4, -0.2) is 25.2 Å². The van der Waals surface area contributed by atoms with Crippen LogP contribution in [0.3, 0.4) is 0 Å².